The van der Waals surface area contributed by atoms with Gasteiger partial charge in [0.1, 0.15) is 12.0 Å². The number of hydrogen-bond donors (Lipinski definition) is 2. The summed E-state index contributed by atoms with van der Waals surface area (Å²) in [6, 6.07) is 8.30. The van der Waals surface area contributed by atoms with Crippen molar-refractivity contribution in [3.63, 3.8) is 0 Å². The molecular weight excluding hydrogens is 328 g/mol. The van der Waals surface area contributed by atoms with E-state index in [0.717, 1.165) is 27.4 Å². The summed E-state index contributed by atoms with van der Waals surface area (Å²) in [5.41, 5.74) is 3.03. The molecule has 0 saturated carbocycles. The molecule has 1 aromatic carbocycles. The molecule has 4 rings (SSSR count). The molecular formula is C16H13BrN4. The molecule has 0 saturated heterocycles. The average Bonchev–Trinajstić information content (AvgIpc) is 2.87. The van der Waals surface area contributed by atoms with E-state index >= 15 is 0 Å². The van der Waals surface area contributed by atoms with Crippen LogP contribution in [0.25, 0.3) is 0 Å². The molecule has 2 atom stereocenters. The molecule has 0 amide bonds. The lowest BCUT2D eigenvalue weighted by atomic mass is 9.95. The number of allylic oxidation sites excluding steroid dienone is 2. The van der Waals surface area contributed by atoms with E-state index in [9.17, 15) is 0 Å². The molecule has 2 unspecified atom stereocenters. The topological polar surface area (TPSA) is 49.8 Å². The Morgan fingerprint density at radius 3 is 2.95 bits per heavy atom. The Hall–Kier alpha value is -2.14. The smallest absolute Gasteiger partial charge is 0.157 e. The highest BCUT2D eigenvalue weighted by Gasteiger charge is 2.33. The molecule has 1 aromatic heterocycles. The maximum Gasteiger partial charge on any atom is 0.157 e. The van der Waals surface area contributed by atoms with Gasteiger partial charge in [-0.3, -0.25) is 0 Å². The molecule has 4 nitrogen and oxygen atoms in total. The highest BCUT2D eigenvalue weighted by atomic mass is 79.9. The summed E-state index contributed by atoms with van der Waals surface area (Å²) in [5, 5.41) is 6.87. The van der Waals surface area contributed by atoms with Gasteiger partial charge in [0.2, 0.25) is 0 Å². The van der Waals surface area contributed by atoms with Gasteiger partial charge >= 0.3 is 0 Å². The molecule has 1 aliphatic heterocycles. The lowest BCUT2D eigenvalue weighted by Gasteiger charge is -2.14. The number of rotatable bonds is 2. The van der Waals surface area contributed by atoms with Gasteiger partial charge in [0, 0.05) is 16.1 Å². The minimum Gasteiger partial charge on any atom is -0.373 e. The number of benzene rings is 1. The molecule has 2 aliphatic rings. The van der Waals surface area contributed by atoms with Crippen molar-refractivity contribution < 1.29 is 0 Å². The third kappa shape index (κ3) is 2.23. The first-order valence-electron chi connectivity index (χ1n) is 6.80. The van der Waals surface area contributed by atoms with Gasteiger partial charge in [-0.25, -0.2) is 9.97 Å². The first-order valence-corrected chi connectivity index (χ1v) is 7.59. The number of nitrogens with one attached hydrogen (secondary N) is 2. The normalized spacial score (nSPS) is 21.6. The predicted octanol–water partition coefficient (Wildman–Crippen LogP) is 3.99. The molecule has 0 radical (unpaired) electrons. The highest BCUT2D eigenvalue weighted by molar-refractivity contribution is 9.10. The van der Waals surface area contributed by atoms with E-state index < -0.39 is 0 Å². The number of fused-ring (bicyclic) bond motifs is 3. The van der Waals surface area contributed by atoms with E-state index in [4.69, 9.17) is 0 Å². The molecule has 0 bridgehead atoms. The van der Waals surface area contributed by atoms with Gasteiger partial charge in [-0.1, -0.05) is 46.3 Å². The molecule has 2 heterocycles. The Labute approximate surface area is 131 Å². The van der Waals surface area contributed by atoms with E-state index in [1.165, 1.54) is 0 Å². The number of nitrogens with zero attached hydrogens (tertiary/aromatic N) is 2. The third-order valence-corrected chi connectivity index (χ3v) is 4.22. The van der Waals surface area contributed by atoms with Gasteiger partial charge in [-0.05, 0) is 18.2 Å². The van der Waals surface area contributed by atoms with Crippen LogP contribution in [0.1, 0.15) is 11.6 Å². The van der Waals surface area contributed by atoms with Crippen LogP contribution in [0.3, 0.4) is 0 Å². The molecule has 2 N–H and O–H groups in total. The van der Waals surface area contributed by atoms with Crippen molar-refractivity contribution in [3.8, 4) is 0 Å². The minimum absolute atomic E-state index is 0.268. The van der Waals surface area contributed by atoms with E-state index in [1.807, 2.05) is 24.3 Å². The van der Waals surface area contributed by atoms with E-state index in [2.05, 4.69) is 60.8 Å². The fourth-order valence-corrected chi connectivity index (χ4v) is 3.16. The Morgan fingerprint density at radius 1 is 1.14 bits per heavy atom. The summed E-state index contributed by atoms with van der Waals surface area (Å²) < 4.78 is 1.03. The number of anilines is 3. The second kappa shape index (κ2) is 5.00. The molecule has 1 aliphatic carbocycles. The maximum atomic E-state index is 4.46. The lowest BCUT2D eigenvalue weighted by molar-refractivity contribution is 0.783. The van der Waals surface area contributed by atoms with Gasteiger partial charge in [0.05, 0.1) is 11.7 Å². The van der Waals surface area contributed by atoms with Crippen LogP contribution in [0, 0.1) is 0 Å². The minimum atomic E-state index is 0.268. The summed E-state index contributed by atoms with van der Waals surface area (Å²) in [7, 11) is 0. The maximum absolute atomic E-state index is 4.46. The summed E-state index contributed by atoms with van der Waals surface area (Å²) in [6.45, 7) is 0. The molecule has 5 heteroatoms. The first-order chi connectivity index (χ1) is 10.3. The van der Waals surface area contributed by atoms with Crippen LogP contribution >= 0.6 is 15.9 Å². The first kappa shape index (κ1) is 12.6. The van der Waals surface area contributed by atoms with Crippen LogP contribution in [0.15, 0.2) is 59.4 Å². The van der Waals surface area contributed by atoms with Crippen LogP contribution in [0.4, 0.5) is 17.2 Å². The molecule has 104 valence electrons. The van der Waals surface area contributed by atoms with Gasteiger partial charge in [-0.2, -0.15) is 0 Å². The third-order valence-electron chi connectivity index (χ3n) is 3.73. The lowest BCUT2D eigenvalue weighted by Crippen LogP contribution is -2.17. The molecule has 0 spiro atoms. The van der Waals surface area contributed by atoms with Gasteiger partial charge in [0.15, 0.2) is 5.82 Å². The van der Waals surface area contributed by atoms with E-state index in [1.54, 1.807) is 6.33 Å². The quantitative estimate of drug-likeness (QED) is 0.867. The van der Waals surface area contributed by atoms with Crippen LogP contribution < -0.4 is 10.6 Å². The van der Waals surface area contributed by atoms with Crippen LogP contribution in [0.2, 0.25) is 0 Å². The standard InChI is InChI=1S/C16H13BrN4/c17-10-4-3-5-11(8-10)20-16-15-14(18-9-19-16)12-6-1-2-7-13(12)21-15/h1-9,12-13,21H,(H,18,19,20). The van der Waals surface area contributed by atoms with Gasteiger partial charge in [-0.15, -0.1) is 0 Å². The molecule has 2 aromatic rings. The zero-order chi connectivity index (χ0) is 14.2. The second-order valence-corrected chi connectivity index (χ2v) is 6.00. The monoisotopic (exact) mass is 340 g/mol. The summed E-state index contributed by atoms with van der Waals surface area (Å²) in [5.74, 6) is 1.10. The van der Waals surface area contributed by atoms with E-state index in [-0.39, 0.29) is 12.0 Å². The number of aromatic nitrogens is 2. The Bertz CT molecular complexity index is 754. The Kier molecular flexibility index (Phi) is 3.00. The average molecular weight is 341 g/mol. The zero-order valence-corrected chi connectivity index (χ0v) is 12.7. The van der Waals surface area contributed by atoms with Crippen molar-refractivity contribution in [2.45, 2.75) is 12.0 Å². The van der Waals surface area contributed by atoms with Crippen molar-refractivity contribution in [2.75, 3.05) is 10.6 Å². The van der Waals surface area contributed by atoms with Crippen molar-refractivity contribution in [1.29, 1.82) is 0 Å². The van der Waals surface area contributed by atoms with Gasteiger partial charge < -0.3 is 10.6 Å². The van der Waals surface area contributed by atoms with Crippen LogP contribution in [-0.2, 0) is 0 Å². The molecule has 0 fully saturated rings. The summed E-state index contributed by atoms with van der Waals surface area (Å²) in [6.07, 6.45) is 10.1. The number of hydrogen-bond acceptors (Lipinski definition) is 4. The second-order valence-electron chi connectivity index (χ2n) is 5.08. The van der Waals surface area contributed by atoms with Crippen LogP contribution in [-0.4, -0.2) is 16.0 Å². The fourth-order valence-electron chi connectivity index (χ4n) is 2.76. The Balaban J connectivity index is 1.71. The number of halogens is 1. The molecule has 21 heavy (non-hydrogen) atoms. The highest BCUT2D eigenvalue weighted by Crippen LogP contribution is 2.41. The van der Waals surface area contributed by atoms with Gasteiger partial charge in [0.25, 0.3) is 0 Å². The fraction of sp³-hybridized carbons (Fsp3) is 0.125. The van der Waals surface area contributed by atoms with Crippen molar-refractivity contribution >= 4 is 33.1 Å². The predicted molar refractivity (Wildman–Crippen MR) is 87.9 cm³/mol. The van der Waals surface area contributed by atoms with Crippen molar-refractivity contribution in [3.05, 3.63) is 65.1 Å². The van der Waals surface area contributed by atoms with Crippen molar-refractivity contribution in [1.82, 2.24) is 9.97 Å². The van der Waals surface area contributed by atoms with E-state index in [0.29, 0.717) is 0 Å². The SMILES string of the molecule is Brc1cccc(Nc2ncnc3c2NC2C=CC=CC32)c1. The summed E-state index contributed by atoms with van der Waals surface area (Å²) >= 11 is 3.48. The largest absolute Gasteiger partial charge is 0.373 e. The van der Waals surface area contributed by atoms with Crippen LogP contribution in [0.5, 0.6) is 0 Å². The zero-order valence-electron chi connectivity index (χ0n) is 11.1. The van der Waals surface area contributed by atoms with Crippen molar-refractivity contribution in [2.24, 2.45) is 0 Å². The Morgan fingerprint density at radius 2 is 2.05 bits per heavy atom. The summed E-state index contributed by atoms with van der Waals surface area (Å²) in [4.78, 5) is 8.84.